The predicted molar refractivity (Wildman–Crippen MR) is 111 cm³/mol. The number of amides is 1. The number of carbonyl (C=O) groups is 2. The quantitative estimate of drug-likeness (QED) is 0.567. The van der Waals surface area contributed by atoms with Gasteiger partial charge >= 0.3 is 5.97 Å². The van der Waals surface area contributed by atoms with Crippen LogP contribution in [0.3, 0.4) is 0 Å². The van der Waals surface area contributed by atoms with Gasteiger partial charge in [0.25, 0.3) is 5.91 Å². The van der Waals surface area contributed by atoms with Gasteiger partial charge in [-0.25, -0.2) is 4.79 Å². The van der Waals surface area contributed by atoms with Crippen LogP contribution in [0.4, 0.5) is 0 Å². The Balaban J connectivity index is 1.55. The van der Waals surface area contributed by atoms with Crippen molar-refractivity contribution >= 4 is 23.5 Å². The second kappa shape index (κ2) is 10.3. The van der Waals surface area contributed by atoms with Crippen LogP contribution < -0.4 is 10.1 Å². The molecule has 3 rings (SSSR count). The van der Waals surface area contributed by atoms with Crippen molar-refractivity contribution in [1.82, 2.24) is 5.32 Å². The molecule has 1 N–H and O–H groups in total. The van der Waals surface area contributed by atoms with E-state index in [2.05, 4.69) is 5.32 Å². The predicted octanol–water partition coefficient (Wildman–Crippen LogP) is 4.17. The van der Waals surface area contributed by atoms with E-state index in [1.165, 1.54) is 0 Å². The number of hydrogen-bond donors (Lipinski definition) is 1. The molecule has 0 aliphatic carbocycles. The number of para-hydroxylation sites is 1. The van der Waals surface area contributed by atoms with E-state index in [0.717, 1.165) is 11.1 Å². The van der Waals surface area contributed by atoms with Crippen LogP contribution in [0.25, 0.3) is 0 Å². The van der Waals surface area contributed by atoms with Crippen LogP contribution >= 0.6 is 11.6 Å². The Morgan fingerprint density at radius 1 is 0.793 bits per heavy atom. The van der Waals surface area contributed by atoms with Crippen LogP contribution in [-0.4, -0.2) is 25.1 Å². The molecule has 6 heteroatoms. The molecule has 0 fully saturated rings. The molecule has 0 saturated heterocycles. The average Bonchev–Trinajstić information content (AvgIpc) is 2.76. The summed E-state index contributed by atoms with van der Waals surface area (Å²) in [5.74, 6) is -0.686. The molecule has 148 valence electrons. The van der Waals surface area contributed by atoms with Crippen molar-refractivity contribution in [3.05, 3.63) is 101 Å². The third kappa shape index (κ3) is 6.09. The van der Waals surface area contributed by atoms with E-state index in [1.807, 2.05) is 60.7 Å². The third-order valence-electron chi connectivity index (χ3n) is 4.12. The number of esters is 1. The molecule has 0 bridgehead atoms. The number of rotatable bonds is 8. The Bertz CT molecular complexity index is 908. The highest BCUT2D eigenvalue weighted by atomic mass is 35.5. The van der Waals surface area contributed by atoms with Crippen molar-refractivity contribution in [1.29, 1.82) is 0 Å². The summed E-state index contributed by atoms with van der Waals surface area (Å²) in [7, 11) is 0. The highest BCUT2D eigenvalue weighted by molar-refractivity contribution is 6.32. The Labute approximate surface area is 174 Å². The molecule has 3 aromatic carbocycles. The lowest BCUT2D eigenvalue weighted by molar-refractivity contribution is -0.150. The number of ether oxygens (including phenoxy) is 2. The van der Waals surface area contributed by atoms with E-state index in [4.69, 9.17) is 21.1 Å². The summed E-state index contributed by atoms with van der Waals surface area (Å²) in [6.07, 6.45) is 0. The smallest absolute Gasteiger partial charge is 0.344 e. The highest BCUT2D eigenvalue weighted by Crippen LogP contribution is 2.23. The fraction of sp³-hybridized carbons (Fsp3) is 0.130. The van der Waals surface area contributed by atoms with Crippen LogP contribution in [0.1, 0.15) is 17.2 Å². The van der Waals surface area contributed by atoms with E-state index < -0.39 is 18.5 Å². The first-order valence-corrected chi connectivity index (χ1v) is 9.43. The number of nitrogens with one attached hydrogen (secondary N) is 1. The summed E-state index contributed by atoms with van der Waals surface area (Å²) >= 11 is 5.97. The molecule has 5 nitrogen and oxygen atoms in total. The van der Waals surface area contributed by atoms with E-state index in [-0.39, 0.29) is 12.6 Å². The number of hydrogen-bond acceptors (Lipinski definition) is 4. The number of carbonyl (C=O) groups excluding carboxylic acids is 2. The Morgan fingerprint density at radius 3 is 1.93 bits per heavy atom. The van der Waals surface area contributed by atoms with E-state index in [0.29, 0.717) is 10.8 Å². The zero-order valence-corrected chi connectivity index (χ0v) is 16.3. The summed E-state index contributed by atoms with van der Waals surface area (Å²) in [4.78, 5) is 24.3. The van der Waals surface area contributed by atoms with Crippen LogP contribution in [0.2, 0.25) is 5.02 Å². The second-order valence-corrected chi connectivity index (χ2v) is 6.61. The molecule has 3 aromatic rings. The third-order valence-corrected chi connectivity index (χ3v) is 4.43. The molecule has 29 heavy (non-hydrogen) atoms. The first-order chi connectivity index (χ1) is 14.1. The van der Waals surface area contributed by atoms with Gasteiger partial charge in [-0.15, -0.1) is 0 Å². The molecule has 0 radical (unpaired) electrons. The SMILES string of the molecule is O=C(COC(=O)COc1ccccc1Cl)NC(c1ccccc1)c1ccccc1. The molecule has 0 atom stereocenters. The normalized spacial score (nSPS) is 10.4. The molecular formula is C23H20ClNO4. The number of benzene rings is 3. The summed E-state index contributed by atoms with van der Waals surface area (Å²) in [5, 5.41) is 3.30. The van der Waals surface area contributed by atoms with Gasteiger partial charge in [0.05, 0.1) is 11.1 Å². The molecule has 0 aliphatic heterocycles. The van der Waals surface area contributed by atoms with Gasteiger partial charge in [-0.05, 0) is 23.3 Å². The highest BCUT2D eigenvalue weighted by Gasteiger charge is 2.17. The summed E-state index contributed by atoms with van der Waals surface area (Å²) in [6, 6.07) is 25.6. The molecule has 0 aliphatic rings. The molecule has 0 saturated carbocycles. The van der Waals surface area contributed by atoms with Crippen LogP contribution in [0.15, 0.2) is 84.9 Å². The van der Waals surface area contributed by atoms with Crippen molar-refractivity contribution in [3.63, 3.8) is 0 Å². The maximum Gasteiger partial charge on any atom is 0.344 e. The lowest BCUT2D eigenvalue weighted by Gasteiger charge is -2.20. The van der Waals surface area contributed by atoms with Gasteiger partial charge in [0.2, 0.25) is 0 Å². The topological polar surface area (TPSA) is 64.6 Å². The summed E-state index contributed by atoms with van der Waals surface area (Å²) in [6.45, 7) is -0.737. The second-order valence-electron chi connectivity index (χ2n) is 6.20. The minimum atomic E-state index is -0.656. The van der Waals surface area contributed by atoms with Gasteiger partial charge in [-0.1, -0.05) is 84.4 Å². The minimum Gasteiger partial charge on any atom is -0.480 e. The number of halogens is 1. The van der Waals surface area contributed by atoms with Gasteiger partial charge < -0.3 is 14.8 Å². The largest absolute Gasteiger partial charge is 0.480 e. The maximum absolute atomic E-state index is 12.4. The zero-order valence-electron chi connectivity index (χ0n) is 15.6. The van der Waals surface area contributed by atoms with Crippen LogP contribution in [-0.2, 0) is 14.3 Å². The van der Waals surface area contributed by atoms with Gasteiger partial charge in [0.1, 0.15) is 5.75 Å². The van der Waals surface area contributed by atoms with Crippen molar-refractivity contribution in [2.45, 2.75) is 6.04 Å². The monoisotopic (exact) mass is 409 g/mol. The van der Waals surface area contributed by atoms with Crippen molar-refractivity contribution in [3.8, 4) is 5.75 Å². The van der Waals surface area contributed by atoms with E-state index in [9.17, 15) is 9.59 Å². The first-order valence-electron chi connectivity index (χ1n) is 9.05. The first kappa shape index (κ1) is 20.4. The van der Waals surface area contributed by atoms with Crippen LogP contribution in [0.5, 0.6) is 5.75 Å². The van der Waals surface area contributed by atoms with Crippen molar-refractivity contribution < 1.29 is 19.1 Å². The zero-order chi connectivity index (χ0) is 20.5. The standard InChI is InChI=1S/C23H20ClNO4/c24-19-13-7-8-14-20(19)28-16-22(27)29-15-21(26)25-23(17-9-3-1-4-10-17)18-11-5-2-6-12-18/h1-14,23H,15-16H2,(H,25,26). The molecule has 0 aromatic heterocycles. The summed E-state index contributed by atoms with van der Waals surface area (Å²) < 4.78 is 10.3. The Morgan fingerprint density at radius 2 is 1.34 bits per heavy atom. The van der Waals surface area contributed by atoms with Gasteiger partial charge in [0, 0.05) is 0 Å². The van der Waals surface area contributed by atoms with Crippen LogP contribution in [0, 0.1) is 0 Å². The lowest BCUT2D eigenvalue weighted by atomic mass is 9.99. The maximum atomic E-state index is 12.4. The fourth-order valence-corrected chi connectivity index (χ4v) is 2.93. The van der Waals surface area contributed by atoms with Gasteiger partial charge in [-0.3, -0.25) is 4.79 Å². The summed E-state index contributed by atoms with van der Waals surface area (Å²) in [5.41, 5.74) is 1.86. The molecule has 0 unspecified atom stereocenters. The Kier molecular flexibility index (Phi) is 7.25. The van der Waals surface area contributed by atoms with Crippen molar-refractivity contribution in [2.24, 2.45) is 0 Å². The molecule has 1 amide bonds. The van der Waals surface area contributed by atoms with Gasteiger partial charge in [-0.2, -0.15) is 0 Å². The lowest BCUT2D eigenvalue weighted by Crippen LogP contribution is -2.33. The van der Waals surface area contributed by atoms with E-state index >= 15 is 0 Å². The molecule has 0 heterocycles. The fourth-order valence-electron chi connectivity index (χ4n) is 2.74. The Hall–Kier alpha value is -3.31. The minimum absolute atomic E-state index is 0.336. The molecule has 0 spiro atoms. The van der Waals surface area contributed by atoms with Gasteiger partial charge in [0.15, 0.2) is 13.2 Å². The van der Waals surface area contributed by atoms with Crippen molar-refractivity contribution in [2.75, 3.05) is 13.2 Å². The average molecular weight is 410 g/mol. The molecular weight excluding hydrogens is 390 g/mol. The van der Waals surface area contributed by atoms with E-state index in [1.54, 1.807) is 24.3 Å².